The standard InChI is InChI=1S/C6H13NO2/c1-5(4-8)7-3-6(2)9/h5,7-8H,3-4H2,1-2H3/t5-/m0/s1. The summed E-state index contributed by atoms with van der Waals surface area (Å²) in [7, 11) is 0. The number of ketones is 1. The normalized spacial score (nSPS) is 13.2. The second kappa shape index (κ2) is 4.47. The van der Waals surface area contributed by atoms with E-state index in [0.717, 1.165) is 0 Å². The molecular formula is C6H13NO2. The second-order valence-electron chi connectivity index (χ2n) is 2.17. The first-order valence-corrected chi connectivity index (χ1v) is 3.00. The molecule has 0 aliphatic rings. The zero-order chi connectivity index (χ0) is 7.28. The summed E-state index contributed by atoms with van der Waals surface area (Å²) < 4.78 is 0. The summed E-state index contributed by atoms with van der Waals surface area (Å²) in [6.07, 6.45) is 0. The minimum absolute atomic E-state index is 0.0221. The number of hydrogen-bond donors (Lipinski definition) is 2. The van der Waals surface area contributed by atoms with Crippen molar-refractivity contribution in [3.63, 3.8) is 0 Å². The number of carbonyl (C=O) groups excluding carboxylic acids is 1. The van der Waals surface area contributed by atoms with Crippen LogP contribution in [0.2, 0.25) is 0 Å². The zero-order valence-corrected chi connectivity index (χ0v) is 5.85. The van der Waals surface area contributed by atoms with E-state index < -0.39 is 0 Å². The van der Waals surface area contributed by atoms with E-state index >= 15 is 0 Å². The minimum atomic E-state index is 0.0221. The lowest BCUT2D eigenvalue weighted by atomic mass is 10.3. The molecule has 1 atom stereocenters. The Morgan fingerprint density at radius 1 is 1.78 bits per heavy atom. The molecule has 0 saturated carbocycles. The highest BCUT2D eigenvalue weighted by molar-refractivity contribution is 5.77. The van der Waals surface area contributed by atoms with Crippen molar-refractivity contribution >= 4 is 5.78 Å². The third-order valence-electron chi connectivity index (χ3n) is 0.973. The Labute approximate surface area is 55.1 Å². The molecule has 2 N–H and O–H groups in total. The van der Waals surface area contributed by atoms with Gasteiger partial charge in [0, 0.05) is 6.04 Å². The maximum atomic E-state index is 10.3. The number of carbonyl (C=O) groups is 1. The number of rotatable bonds is 4. The van der Waals surface area contributed by atoms with Gasteiger partial charge in [0.1, 0.15) is 5.78 Å². The average molecular weight is 131 g/mol. The van der Waals surface area contributed by atoms with Crippen LogP contribution in [0.3, 0.4) is 0 Å². The van der Waals surface area contributed by atoms with Crippen LogP contribution < -0.4 is 5.32 Å². The summed E-state index contributed by atoms with van der Waals surface area (Å²) in [6, 6.07) is 0.0221. The Bertz CT molecular complexity index is 93.1. The van der Waals surface area contributed by atoms with Crippen LogP contribution in [0.25, 0.3) is 0 Å². The van der Waals surface area contributed by atoms with Crippen LogP contribution in [-0.2, 0) is 4.79 Å². The van der Waals surface area contributed by atoms with E-state index in [0.29, 0.717) is 6.54 Å². The molecule has 54 valence electrons. The fourth-order valence-electron chi connectivity index (χ4n) is 0.383. The molecule has 3 nitrogen and oxygen atoms in total. The van der Waals surface area contributed by atoms with Gasteiger partial charge in [0.25, 0.3) is 0 Å². The van der Waals surface area contributed by atoms with Crippen molar-refractivity contribution < 1.29 is 9.90 Å². The van der Waals surface area contributed by atoms with Gasteiger partial charge in [-0.2, -0.15) is 0 Å². The molecule has 0 unspecified atom stereocenters. The van der Waals surface area contributed by atoms with Gasteiger partial charge in [0.15, 0.2) is 0 Å². The number of nitrogens with one attached hydrogen (secondary N) is 1. The minimum Gasteiger partial charge on any atom is -0.395 e. The van der Waals surface area contributed by atoms with Gasteiger partial charge >= 0.3 is 0 Å². The predicted molar refractivity (Wildman–Crippen MR) is 35.2 cm³/mol. The molecule has 0 aliphatic carbocycles. The first-order valence-electron chi connectivity index (χ1n) is 3.00. The molecular weight excluding hydrogens is 118 g/mol. The molecule has 0 aromatic rings. The van der Waals surface area contributed by atoms with Crippen molar-refractivity contribution in [1.82, 2.24) is 5.32 Å². The van der Waals surface area contributed by atoms with Gasteiger partial charge in [-0.15, -0.1) is 0 Å². The zero-order valence-electron chi connectivity index (χ0n) is 5.85. The Morgan fingerprint density at radius 3 is 2.67 bits per heavy atom. The quantitative estimate of drug-likeness (QED) is 0.543. The summed E-state index contributed by atoms with van der Waals surface area (Å²) in [5.41, 5.74) is 0. The monoisotopic (exact) mass is 131 g/mol. The van der Waals surface area contributed by atoms with Crippen LogP contribution in [-0.4, -0.2) is 30.1 Å². The highest BCUT2D eigenvalue weighted by atomic mass is 16.3. The lowest BCUT2D eigenvalue weighted by Crippen LogP contribution is -2.32. The van der Waals surface area contributed by atoms with Crippen LogP contribution in [0, 0.1) is 0 Å². The van der Waals surface area contributed by atoms with Crippen LogP contribution >= 0.6 is 0 Å². The van der Waals surface area contributed by atoms with E-state index in [1.165, 1.54) is 6.92 Å². The van der Waals surface area contributed by atoms with E-state index in [-0.39, 0.29) is 18.4 Å². The number of aliphatic hydroxyl groups is 1. The fourth-order valence-corrected chi connectivity index (χ4v) is 0.383. The maximum Gasteiger partial charge on any atom is 0.143 e. The Kier molecular flexibility index (Phi) is 4.26. The molecule has 0 heterocycles. The number of aliphatic hydroxyl groups excluding tert-OH is 1. The second-order valence-corrected chi connectivity index (χ2v) is 2.17. The van der Waals surface area contributed by atoms with Gasteiger partial charge < -0.3 is 10.4 Å². The van der Waals surface area contributed by atoms with E-state index in [9.17, 15) is 4.79 Å². The van der Waals surface area contributed by atoms with Crippen molar-refractivity contribution in [2.75, 3.05) is 13.2 Å². The average Bonchev–Trinajstić information content (AvgIpc) is 1.83. The van der Waals surface area contributed by atoms with E-state index in [1.807, 2.05) is 6.92 Å². The largest absolute Gasteiger partial charge is 0.395 e. The summed E-state index contributed by atoms with van der Waals surface area (Å²) in [6.45, 7) is 3.76. The molecule has 0 rings (SSSR count). The van der Waals surface area contributed by atoms with Gasteiger partial charge in [-0.25, -0.2) is 0 Å². The van der Waals surface area contributed by atoms with Crippen molar-refractivity contribution in [2.45, 2.75) is 19.9 Å². The van der Waals surface area contributed by atoms with Crippen molar-refractivity contribution in [3.8, 4) is 0 Å². The third kappa shape index (κ3) is 5.46. The van der Waals surface area contributed by atoms with Crippen molar-refractivity contribution in [3.05, 3.63) is 0 Å². The summed E-state index contributed by atoms with van der Waals surface area (Å²) >= 11 is 0. The smallest absolute Gasteiger partial charge is 0.143 e. The highest BCUT2D eigenvalue weighted by Gasteiger charge is 1.98. The Balaban J connectivity index is 3.16. The molecule has 3 heteroatoms. The summed E-state index contributed by atoms with van der Waals surface area (Å²) in [5.74, 6) is 0.0929. The van der Waals surface area contributed by atoms with Gasteiger partial charge in [0.05, 0.1) is 13.2 Å². The topological polar surface area (TPSA) is 49.3 Å². The molecule has 0 bridgehead atoms. The molecule has 0 amide bonds. The van der Waals surface area contributed by atoms with Crippen molar-refractivity contribution in [1.29, 1.82) is 0 Å². The van der Waals surface area contributed by atoms with Gasteiger partial charge in [-0.05, 0) is 13.8 Å². The van der Waals surface area contributed by atoms with Gasteiger partial charge in [0.2, 0.25) is 0 Å². The van der Waals surface area contributed by atoms with E-state index in [4.69, 9.17) is 5.11 Å². The predicted octanol–water partition coefficient (Wildman–Crippen LogP) is -0.454. The highest BCUT2D eigenvalue weighted by Crippen LogP contribution is 1.76. The Morgan fingerprint density at radius 2 is 2.33 bits per heavy atom. The van der Waals surface area contributed by atoms with E-state index in [1.54, 1.807) is 0 Å². The van der Waals surface area contributed by atoms with Crippen LogP contribution in [0.5, 0.6) is 0 Å². The van der Waals surface area contributed by atoms with Gasteiger partial charge in [-0.1, -0.05) is 0 Å². The molecule has 0 aromatic carbocycles. The summed E-state index contributed by atoms with van der Waals surface area (Å²) in [5, 5.41) is 11.3. The van der Waals surface area contributed by atoms with Crippen LogP contribution in [0.4, 0.5) is 0 Å². The molecule has 0 spiro atoms. The van der Waals surface area contributed by atoms with E-state index in [2.05, 4.69) is 5.32 Å². The van der Waals surface area contributed by atoms with Crippen molar-refractivity contribution in [2.24, 2.45) is 0 Å². The van der Waals surface area contributed by atoms with Crippen LogP contribution in [0.1, 0.15) is 13.8 Å². The molecule has 0 fully saturated rings. The molecule has 0 saturated heterocycles. The SMILES string of the molecule is CC(=O)CN[C@@H](C)CO. The molecule has 9 heavy (non-hydrogen) atoms. The molecule has 0 aromatic heterocycles. The van der Waals surface area contributed by atoms with Gasteiger partial charge in [-0.3, -0.25) is 4.79 Å². The van der Waals surface area contributed by atoms with Crippen LogP contribution in [0.15, 0.2) is 0 Å². The Hall–Kier alpha value is -0.410. The first kappa shape index (κ1) is 8.59. The number of Topliss-reactive ketones (excluding diaryl/α,β-unsaturated/α-hetero) is 1. The maximum absolute atomic E-state index is 10.3. The molecule has 0 radical (unpaired) electrons. The first-order chi connectivity index (χ1) is 4.16. The lowest BCUT2D eigenvalue weighted by Gasteiger charge is -2.07. The lowest BCUT2D eigenvalue weighted by molar-refractivity contribution is -0.116. The fraction of sp³-hybridized carbons (Fsp3) is 0.833. The number of hydrogen-bond acceptors (Lipinski definition) is 3. The third-order valence-corrected chi connectivity index (χ3v) is 0.973. The molecule has 0 aliphatic heterocycles. The summed E-state index contributed by atoms with van der Waals surface area (Å²) in [4.78, 5) is 10.3.